The van der Waals surface area contributed by atoms with Gasteiger partial charge in [0.25, 0.3) is 0 Å². The first-order valence-corrected chi connectivity index (χ1v) is 21.7. The maximum absolute atomic E-state index is 14.2. The number of phenols is 2. The smallest absolute Gasteiger partial charge is 0.338 e. The largest absolute Gasteiger partial charge is 0.504 e. The van der Waals surface area contributed by atoms with Crippen molar-refractivity contribution in [3.8, 4) is 40.1 Å². The number of carbonyl (C=O) groups excluding carboxylic acids is 4. The number of rotatable bonds is 16. The summed E-state index contributed by atoms with van der Waals surface area (Å²) in [6, 6.07) is 38.3. The summed E-state index contributed by atoms with van der Waals surface area (Å²) in [4.78, 5) is 69.9. The summed E-state index contributed by atoms with van der Waals surface area (Å²) in [6.07, 6.45) is -7.86. The first-order valence-electron chi connectivity index (χ1n) is 21.7. The van der Waals surface area contributed by atoms with E-state index >= 15 is 0 Å². The predicted molar refractivity (Wildman–Crippen MR) is 247 cm³/mol. The van der Waals surface area contributed by atoms with Crippen molar-refractivity contribution in [3.63, 3.8) is 0 Å². The second-order valence-electron chi connectivity index (χ2n) is 15.5. The van der Waals surface area contributed by atoms with Gasteiger partial charge in [-0.05, 0) is 73.2 Å². The predicted octanol–water partition coefficient (Wildman–Crippen LogP) is 8.31. The van der Waals surface area contributed by atoms with E-state index in [2.05, 4.69) is 0 Å². The summed E-state index contributed by atoms with van der Waals surface area (Å²) < 4.78 is 55.3. The molecule has 2 heterocycles. The van der Waals surface area contributed by atoms with Gasteiger partial charge < -0.3 is 52.5 Å². The number of benzene rings is 6. The third-order valence-corrected chi connectivity index (χ3v) is 10.8. The maximum Gasteiger partial charge on any atom is 0.338 e. The van der Waals surface area contributed by atoms with Crippen LogP contribution < -0.4 is 19.6 Å². The zero-order chi connectivity index (χ0) is 48.4. The Morgan fingerprint density at radius 2 is 1.13 bits per heavy atom. The highest BCUT2D eigenvalue weighted by Gasteiger charge is 2.54. The number of hydrogen-bond acceptors (Lipinski definition) is 16. The minimum absolute atomic E-state index is 0.0137. The second-order valence-corrected chi connectivity index (χ2v) is 15.5. The Morgan fingerprint density at radius 3 is 1.65 bits per heavy atom. The molecule has 16 nitrogen and oxygen atoms in total. The van der Waals surface area contributed by atoms with Gasteiger partial charge in [0.15, 0.2) is 29.5 Å². The van der Waals surface area contributed by atoms with Crippen molar-refractivity contribution in [3.05, 3.63) is 184 Å². The van der Waals surface area contributed by atoms with Gasteiger partial charge in [0.2, 0.25) is 23.6 Å². The van der Waals surface area contributed by atoms with Crippen LogP contribution in [-0.4, -0.2) is 85.1 Å². The van der Waals surface area contributed by atoms with E-state index in [0.717, 1.165) is 0 Å². The molecule has 7 aromatic rings. The lowest BCUT2D eigenvalue weighted by molar-refractivity contribution is -0.275. The van der Waals surface area contributed by atoms with Crippen LogP contribution in [0.5, 0.6) is 28.7 Å². The van der Waals surface area contributed by atoms with E-state index < -0.39 is 78.1 Å². The van der Waals surface area contributed by atoms with Crippen LogP contribution in [0.3, 0.4) is 0 Å². The molecule has 1 aliphatic rings. The van der Waals surface area contributed by atoms with Crippen molar-refractivity contribution < 1.29 is 71.7 Å². The van der Waals surface area contributed by atoms with Gasteiger partial charge in [0, 0.05) is 17.7 Å². The summed E-state index contributed by atoms with van der Waals surface area (Å²) >= 11 is 0. The third-order valence-electron chi connectivity index (χ3n) is 10.8. The molecular weight excluding hydrogens is 893 g/mol. The van der Waals surface area contributed by atoms with E-state index in [-0.39, 0.29) is 68.4 Å². The van der Waals surface area contributed by atoms with Gasteiger partial charge in [-0.25, -0.2) is 19.2 Å². The quantitative estimate of drug-likeness (QED) is 0.0530. The molecule has 0 bridgehead atoms. The minimum Gasteiger partial charge on any atom is -0.504 e. The van der Waals surface area contributed by atoms with Gasteiger partial charge in [-0.3, -0.25) is 4.79 Å². The van der Waals surface area contributed by atoms with E-state index in [9.17, 15) is 34.2 Å². The van der Waals surface area contributed by atoms with Gasteiger partial charge in [0.05, 0.1) is 36.0 Å². The molecule has 0 amide bonds. The Labute approximate surface area is 394 Å². The van der Waals surface area contributed by atoms with E-state index in [1.54, 1.807) is 72.8 Å². The number of fused-ring (bicyclic) bond motifs is 1. The Balaban J connectivity index is 1.28. The molecule has 16 heteroatoms. The molecule has 6 aromatic carbocycles. The number of carbonyl (C=O) groups is 4. The van der Waals surface area contributed by atoms with Gasteiger partial charge in [-0.1, -0.05) is 79.7 Å². The van der Waals surface area contributed by atoms with Crippen LogP contribution in [0, 0.1) is 0 Å². The summed E-state index contributed by atoms with van der Waals surface area (Å²) in [5.74, 6) is -4.85. The number of hydrogen-bond donors (Lipinski definition) is 2. The van der Waals surface area contributed by atoms with Crippen LogP contribution in [0.4, 0.5) is 0 Å². The highest BCUT2D eigenvalue weighted by Crippen LogP contribution is 2.40. The molecule has 1 saturated heterocycles. The maximum atomic E-state index is 14.2. The first-order chi connectivity index (χ1) is 33.5. The zero-order valence-corrected chi connectivity index (χ0v) is 37.1. The highest BCUT2D eigenvalue weighted by molar-refractivity contribution is 5.92. The van der Waals surface area contributed by atoms with E-state index in [1.165, 1.54) is 86.0 Å². The van der Waals surface area contributed by atoms with Gasteiger partial charge in [-0.15, -0.1) is 0 Å². The number of methoxy groups -OCH3 is 1. The summed E-state index contributed by atoms with van der Waals surface area (Å²) in [6.45, 7) is 1.37. The molecule has 8 rings (SSSR count). The van der Waals surface area contributed by atoms with Crippen molar-refractivity contribution >= 4 is 34.8 Å². The molecule has 2 N–H and O–H groups in total. The Hall–Kier alpha value is -8.63. The van der Waals surface area contributed by atoms with Crippen molar-refractivity contribution in [2.45, 2.75) is 44.1 Å². The van der Waals surface area contributed by atoms with Crippen LogP contribution in [0.2, 0.25) is 0 Å². The highest BCUT2D eigenvalue weighted by atomic mass is 16.7. The SMILES string of the molecule is CCCOc1cc(O[C@@H]2OC(COC(=O)c3ccccc3)[C@@H](OC(=O)c3ccccc3)C(OC(=O)c3ccccc3)[C@@H]2OC(=O)c2ccccc2)cc2oc(-c3ccc(O)c(O)c3)c(OC)c(=O)c12. The van der Waals surface area contributed by atoms with Crippen LogP contribution >= 0.6 is 0 Å². The zero-order valence-electron chi connectivity index (χ0n) is 37.1. The molecule has 1 fully saturated rings. The molecule has 0 saturated carbocycles. The van der Waals surface area contributed by atoms with Gasteiger partial charge in [-0.2, -0.15) is 0 Å². The average molecular weight is 937 g/mol. The molecule has 69 heavy (non-hydrogen) atoms. The van der Waals surface area contributed by atoms with Crippen LogP contribution in [0.1, 0.15) is 54.8 Å². The van der Waals surface area contributed by atoms with Crippen molar-refractivity contribution in [2.24, 2.45) is 0 Å². The van der Waals surface area contributed by atoms with Crippen LogP contribution in [0.15, 0.2) is 161 Å². The average Bonchev–Trinajstić information content (AvgIpc) is 3.38. The summed E-state index contributed by atoms with van der Waals surface area (Å²) in [7, 11) is 1.27. The normalized spacial score (nSPS) is 17.5. The molecule has 0 radical (unpaired) electrons. The molecule has 0 spiro atoms. The van der Waals surface area contributed by atoms with E-state index in [0.29, 0.717) is 6.42 Å². The fourth-order valence-electron chi connectivity index (χ4n) is 7.43. The van der Waals surface area contributed by atoms with Crippen molar-refractivity contribution in [2.75, 3.05) is 20.3 Å². The number of esters is 4. The van der Waals surface area contributed by atoms with E-state index in [4.69, 9.17) is 42.3 Å². The lowest BCUT2D eigenvalue weighted by atomic mass is 9.97. The second kappa shape index (κ2) is 21.3. The summed E-state index contributed by atoms with van der Waals surface area (Å²) in [5, 5.41) is 20.3. The number of aromatic hydroxyl groups is 2. The first kappa shape index (κ1) is 46.9. The lowest BCUT2D eigenvalue weighted by Gasteiger charge is -2.44. The van der Waals surface area contributed by atoms with Crippen LogP contribution in [0.25, 0.3) is 22.3 Å². The topological polar surface area (TPSA) is 213 Å². The molecule has 1 aromatic heterocycles. The number of ether oxygens (including phenoxy) is 8. The van der Waals surface area contributed by atoms with E-state index in [1.807, 2.05) is 6.92 Å². The van der Waals surface area contributed by atoms with Crippen molar-refractivity contribution in [1.82, 2.24) is 0 Å². The Bertz CT molecular complexity index is 3000. The fourth-order valence-corrected chi connectivity index (χ4v) is 7.43. The Kier molecular flexibility index (Phi) is 14.5. The molecule has 5 atom stereocenters. The standard InChI is InChI=1S/C53H44O16/c1-3-26-62-39-28-36(29-40-42(39)43(56)46(61-2)44(65-40)35-24-25-37(54)38(55)27-35)64-53-48(69-52(60)34-22-14-7-15-23-34)47(68-51(59)33-20-12-6-13-21-33)45(67-50(58)32-18-10-5-11-19-32)41(66-53)30-63-49(57)31-16-8-4-9-17-31/h4-25,27-29,41,45,47-48,53-55H,3,26,30H2,1-2H3/t41?,45-,47?,48+,53-/m1/s1. The molecule has 0 aliphatic carbocycles. The molecule has 2 unspecified atom stereocenters. The van der Waals surface area contributed by atoms with Gasteiger partial charge >= 0.3 is 23.9 Å². The van der Waals surface area contributed by atoms with Gasteiger partial charge in [0.1, 0.15) is 35.2 Å². The molecule has 1 aliphatic heterocycles. The minimum atomic E-state index is -1.77. The van der Waals surface area contributed by atoms with Crippen LogP contribution in [-0.2, 0) is 23.7 Å². The third kappa shape index (κ3) is 10.7. The summed E-state index contributed by atoms with van der Waals surface area (Å²) in [5.41, 5.74) is -0.113. The number of phenolic OH excluding ortho intramolecular Hbond substituents is 2. The Morgan fingerprint density at radius 1 is 0.609 bits per heavy atom. The molecule has 352 valence electrons. The molecular formula is C53H44O16. The fraction of sp³-hybridized carbons (Fsp3) is 0.189. The lowest BCUT2D eigenvalue weighted by Crippen LogP contribution is -2.63. The monoisotopic (exact) mass is 936 g/mol. The van der Waals surface area contributed by atoms with Crippen molar-refractivity contribution in [1.29, 1.82) is 0 Å².